The summed E-state index contributed by atoms with van der Waals surface area (Å²) in [6, 6.07) is 13.8. The van der Waals surface area contributed by atoms with E-state index in [2.05, 4.69) is 46.6 Å². The number of benzene rings is 1. The van der Waals surface area contributed by atoms with Gasteiger partial charge in [0, 0.05) is 30.4 Å². The minimum Gasteiger partial charge on any atom is -0.295 e. The van der Waals surface area contributed by atoms with E-state index in [4.69, 9.17) is 0 Å². The minimum atomic E-state index is -0.0610. The molecule has 5 nitrogen and oxygen atoms in total. The molecule has 0 radical (unpaired) electrons. The molecule has 0 aliphatic rings. The summed E-state index contributed by atoms with van der Waals surface area (Å²) in [5.41, 5.74) is 4.87. The van der Waals surface area contributed by atoms with Gasteiger partial charge in [-0.3, -0.25) is 13.8 Å². The molecule has 28 heavy (non-hydrogen) atoms. The summed E-state index contributed by atoms with van der Waals surface area (Å²) in [6.07, 6.45) is 5.56. The Bertz CT molecular complexity index is 1190. The van der Waals surface area contributed by atoms with Gasteiger partial charge in [0.05, 0.1) is 11.4 Å². The van der Waals surface area contributed by atoms with Gasteiger partial charge in [0.1, 0.15) is 5.65 Å². The molecule has 4 aromatic rings. The smallest absolute Gasteiger partial charge is 0.258 e. The summed E-state index contributed by atoms with van der Waals surface area (Å²) in [5.74, 6) is 1.00. The Labute approximate surface area is 168 Å². The quantitative estimate of drug-likeness (QED) is 0.467. The molecule has 0 N–H and O–H groups in total. The molecule has 0 bridgehead atoms. The topological polar surface area (TPSA) is 52.2 Å². The van der Waals surface area contributed by atoms with E-state index in [0.29, 0.717) is 17.3 Å². The highest BCUT2D eigenvalue weighted by molar-refractivity contribution is 7.98. The van der Waals surface area contributed by atoms with Crippen LogP contribution in [0.25, 0.3) is 11.3 Å². The van der Waals surface area contributed by atoms with Crippen LogP contribution in [0.5, 0.6) is 0 Å². The first kappa shape index (κ1) is 18.5. The van der Waals surface area contributed by atoms with Crippen LogP contribution in [0.4, 0.5) is 0 Å². The van der Waals surface area contributed by atoms with Gasteiger partial charge in [0.2, 0.25) is 0 Å². The summed E-state index contributed by atoms with van der Waals surface area (Å²) >= 11 is 1.58. The molecule has 0 aliphatic heterocycles. The molecule has 1 aromatic carbocycles. The van der Waals surface area contributed by atoms with Gasteiger partial charge in [-0.1, -0.05) is 43.8 Å². The molecule has 0 fully saturated rings. The highest BCUT2D eigenvalue weighted by atomic mass is 32.2. The normalized spacial score (nSPS) is 11.4. The fraction of sp³-hybridized carbons (Fsp3) is 0.227. The predicted molar refractivity (Wildman–Crippen MR) is 113 cm³/mol. The van der Waals surface area contributed by atoms with Gasteiger partial charge in [-0.25, -0.2) is 9.97 Å². The fourth-order valence-corrected chi connectivity index (χ4v) is 4.10. The molecule has 0 aliphatic carbocycles. The molecule has 3 aromatic heterocycles. The van der Waals surface area contributed by atoms with Crippen LogP contribution in [0.2, 0.25) is 0 Å². The Balaban J connectivity index is 1.64. The number of imidazole rings is 1. The van der Waals surface area contributed by atoms with Gasteiger partial charge in [0.15, 0.2) is 5.16 Å². The van der Waals surface area contributed by atoms with Crippen molar-refractivity contribution in [3.05, 3.63) is 88.2 Å². The molecule has 4 rings (SSSR count). The van der Waals surface area contributed by atoms with Gasteiger partial charge in [0.25, 0.3) is 5.56 Å². The number of aryl methyl sites for hydroxylation is 1. The zero-order chi connectivity index (χ0) is 19.7. The van der Waals surface area contributed by atoms with Crippen LogP contribution in [-0.2, 0) is 5.75 Å². The average Bonchev–Trinajstić information content (AvgIpc) is 3.14. The number of rotatable bonds is 5. The van der Waals surface area contributed by atoms with Crippen molar-refractivity contribution in [1.82, 2.24) is 18.9 Å². The van der Waals surface area contributed by atoms with Crippen molar-refractivity contribution in [3.8, 4) is 5.69 Å². The molecule has 0 saturated carbocycles. The molecule has 6 heteroatoms. The van der Waals surface area contributed by atoms with Gasteiger partial charge < -0.3 is 0 Å². The SMILES string of the molecule is Cc1ccn2c(=O)cc(CSc3nccn3-c3ccccc3C(C)C)nc2c1. The lowest BCUT2D eigenvalue weighted by atomic mass is 10.0. The first-order chi connectivity index (χ1) is 13.5. The Morgan fingerprint density at radius 2 is 1.93 bits per heavy atom. The third-order valence-electron chi connectivity index (χ3n) is 4.65. The molecule has 142 valence electrons. The number of para-hydroxylation sites is 1. The molecule has 0 saturated heterocycles. The zero-order valence-electron chi connectivity index (χ0n) is 16.2. The first-order valence-electron chi connectivity index (χ1n) is 9.27. The average molecular weight is 391 g/mol. The van der Waals surface area contributed by atoms with Crippen LogP contribution in [0.15, 0.2) is 71.0 Å². The van der Waals surface area contributed by atoms with Gasteiger partial charge in [-0.15, -0.1) is 0 Å². The fourth-order valence-electron chi connectivity index (χ4n) is 3.24. The van der Waals surface area contributed by atoms with Crippen LogP contribution in [0, 0.1) is 6.92 Å². The standard InChI is InChI=1S/C22H22N4OS/c1-15(2)18-6-4-5-7-19(18)25-11-9-23-22(25)28-14-17-13-21(27)26-10-8-16(3)12-20(26)24-17/h4-13,15H,14H2,1-3H3. The summed E-state index contributed by atoms with van der Waals surface area (Å²) in [6.45, 7) is 6.38. The molecule has 0 unspecified atom stereocenters. The molecule has 0 spiro atoms. The van der Waals surface area contributed by atoms with E-state index in [1.54, 1.807) is 28.4 Å². The highest BCUT2D eigenvalue weighted by Crippen LogP contribution is 2.28. The number of fused-ring (bicyclic) bond motifs is 1. The molecular weight excluding hydrogens is 368 g/mol. The van der Waals surface area contributed by atoms with E-state index in [9.17, 15) is 4.79 Å². The van der Waals surface area contributed by atoms with E-state index in [0.717, 1.165) is 22.1 Å². The second-order valence-corrected chi connectivity index (χ2v) is 8.04. The molecule has 0 atom stereocenters. The van der Waals surface area contributed by atoms with Crippen LogP contribution < -0.4 is 5.56 Å². The zero-order valence-corrected chi connectivity index (χ0v) is 17.0. The number of nitrogens with zero attached hydrogens (tertiary/aromatic N) is 4. The maximum atomic E-state index is 12.4. The van der Waals surface area contributed by atoms with Crippen molar-refractivity contribution in [3.63, 3.8) is 0 Å². The minimum absolute atomic E-state index is 0.0610. The number of hydrogen-bond donors (Lipinski definition) is 0. The van der Waals surface area contributed by atoms with Crippen molar-refractivity contribution in [2.45, 2.75) is 37.6 Å². The number of pyridine rings is 1. The van der Waals surface area contributed by atoms with Crippen molar-refractivity contribution < 1.29 is 0 Å². The lowest BCUT2D eigenvalue weighted by Crippen LogP contribution is -2.15. The van der Waals surface area contributed by atoms with Crippen molar-refractivity contribution in [1.29, 1.82) is 0 Å². The number of hydrogen-bond acceptors (Lipinski definition) is 4. The maximum absolute atomic E-state index is 12.4. The van der Waals surface area contributed by atoms with Crippen LogP contribution in [0.3, 0.4) is 0 Å². The van der Waals surface area contributed by atoms with Crippen LogP contribution >= 0.6 is 11.8 Å². The van der Waals surface area contributed by atoms with E-state index >= 15 is 0 Å². The second-order valence-electron chi connectivity index (χ2n) is 7.10. The van der Waals surface area contributed by atoms with E-state index in [1.807, 2.05) is 37.5 Å². The Kier molecular flexibility index (Phi) is 5.05. The lowest BCUT2D eigenvalue weighted by molar-refractivity contribution is 0.817. The van der Waals surface area contributed by atoms with E-state index < -0.39 is 0 Å². The lowest BCUT2D eigenvalue weighted by Gasteiger charge is -2.15. The predicted octanol–water partition coefficient (Wildman–Crippen LogP) is 4.60. The van der Waals surface area contributed by atoms with Crippen molar-refractivity contribution in [2.75, 3.05) is 0 Å². The maximum Gasteiger partial charge on any atom is 0.258 e. The molecular formula is C22H22N4OS. The van der Waals surface area contributed by atoms with Crippen LogP contribution in [0.1, 0.15) is 36.6 Å². The number of thioether (sulfide) groups is 1. The van der Waals surface area contributed by atoms with E-state index in [-0.39, 0.29) is 5.56 Å². The third-order valence-corrected chi connectivity index (χ3v) is 5.65. The second kappa shape index (κ2) is 7.64. The summed E-state index contributed by atoms with van der Waals surface area (Å²) in [5, 5.41) is 0.888. The van der Waals surface area contributed by atoms with Crippen LogP contribution in [-0.4, -0.2) is 18.9 Å². The highest BCUT2D eigenvalue weighted by Gasteiger charge is 2.12. The van der Waals surface area contributed by atoms with Gasteiger partial charge >= 0.3 is 0 Å². The summed E-state index contributed by atoms with van der Waals surface area (Å²) < 4.78 is 3.68. The van der Waals surface area contributed by atoms with E-state index in [1.165, 1.54) is 5.56 Å². The molecule has 3 heterocycles. The third kappa shape index (κ3) is 3.60. The Morgan fingerprint density at radius 3 is 2.75 bits per heavy atom. The molecule has 0 amide bonds. The van der Waals surface area contributed by atoms with Crippen molar-refractivity contribution in [2.24, 2.45) is 0 Å². The summed E-state index contributed by atoms with van der Waals surface area (Å²) in [4.78, 5) is 21.5. The Hall–Kier alpha value is -2.86. The van der Waals surface area contributed by atoms with Crippen molar-refractivity contribution >= 4 is 17.4 Å². The largest absolute Gasteiger partial charge is 0.295 e. The Morgan fingerprint density at radius 1 is 1.11 bits per heavy atom. The van der Waals surface area contributed by atoms with Gasteiger partial charge in [-0.2, -0.15) is 0 Å². The number of aromatic nitrogens is 4. The summed E-state index contributed by atoms with van der Waals surface area (Å²) in [7, 11) is 0. The first-order valence-corrected chi connectivity index (χ1v) is 10.3. The monoisotopic (exact) mass is 390 g/mol. The van der Waals surface area contributed by atoms with Gasteiger partial charge in [-0.05, 0) is 42.2 Å².